The van der Waals surface area contributed by atoms with E-state index < -0.39 is 5.97 Å². The van der Waals surface area contributed by atoms with Crippen molar-refractivity contribution in [3.05, 3.63) is 48.6 Å². The maximum Gasteiger partial charge on any atom is 0.338 e. The summed E-state index contributed by atoms with van der Waals surface area (Å²) in [4.78, 5) is 11.3. The molecule has 0 aliphatic heterocycles. The first-order chi connectivity index (χ1) is 7.02. The molecule has 78 valence electrons. The fourth-order valence-corrected chi connectivity index (χ4v) is 1.10. The molecule has 0 aromatic heterocycles. The van der Waals surface area contributed by atoms with E-state index in [-0.39, 0.29) is 0 Å². The molecule has 0 heterocycles. The van der Waals surface area contributed by atoms with Gasteiger partial charge in [-0.1, -0.05) is 31.4 Å². The molecule has 15 heavy (non-hydrogen) atoms. The van der Waals surface area contributed by atoms with Crippen LogP contribution in [0.15, 0.2) is 43.0 Å². The Labute approximate surface area is 89.9 Å². The Balaban J connectivity index is 2.99. The number of benzene rings is 1. The molecule has 0 N–H and O–H groups in total. The Morgan fingerprint density at radius 3 is 2.33 bits per heavy atom. The molecule has 2 heteroatoms. The SMILES string of the molecule is C=C(C)C(=O)Oc1ccccc1C(=C)C. The van der Waals surface area contributed by atoms with Gasteiger partial charge >= 0.3 is 5.97 Å². The zero-order valence-electron chi connectivity index (χ0n) is 9.04. The summed E-state index contributed by atoms with van der Waals surface area (Å²) in [5.74, 6) is 0.113. The van der Waals surface area contributed by atoms with E-state index in [0.717, 1.165) is 11.1 Å². The predicted octanol–water partition coefficient (Wildman–Crippen LogP) is 3.20. The van der Waals surface area contributed by atoms with E-state index in [9.17, 15) is 4.79 Å². The summed E-state index contributed by atoms with van der Waals surface area (Å²) in [5, 5.41) is 0. The van der Waals surface area contributed by atoms with Gasteiger partial charge in [0, 0.05) is 11.1 Å². The van der Waals surface area contributed by atoms with Gasteiger partial charge in [-0.05, 0) is 25.5 Å². The van der Waals surface area contributed by atoms with E-state index in [1.54, 1.807) is 13.0 Å². The number of ether oxygens (including phenoxy) is 1. The van der Waals surface area contributed by atoms with Crippen LogP contribution in [0.1, 0.15) is 19.4 Å². The first kappa shape index (κ1) is 11.2. The first-order valence-electron chi connectivity index (χ1n) is 4.65. The molecule has 0 spiro atoms. The van der Waals surface area contributed by atoms with Crippen LogP contribution in [-0.4, -0.2) is 5.97 Å². The van der Waals surface area contributed by atoms with Crippen molar-refractivity contribution in [2.75, 3.05) is 0 Å². The molecule has 0 unspecified atom stereocenters. The molecule has 0 saturated heterocycles. The predicted molar refractivity (Wildman–Crippen MR) is 61.6 cm³/mol. The lowest BCUT2D eigenvalue weighted by molar-refractivity contribution is -0.130. The molecular weight excluding hydrogens is 188 g/mol. The van der Waals surface area contributed by atoms with Gasteiger partial charge in [-0.2, -0.15) is 0 Å². The Bertz CT molecular complexity index is 416. The van der Waals surface area contributed by atoms with Crippen LogP contribution < -0.4 is 4.74 Å². The molecule has 1 aromatic rings. The van der Waals surface area contributed by atoms with Crippen LogP contribution in [0.3, 0.4) is 0 Å². The van der Waals surface area contributed by atoms with Crippen molar-refractivity contribution in [2.24, 2.45) is 0 Å². The molecule has 0 atom stereocenters. The lowest BCUT2D eigenvalue weighted by atomic mass is 10.1. The van der Waals surface area contributed by atoms with Crippen molar-refractivity contribution in [1.29, 1.82) is 0 Å². The second-order valence-electron chi connectivity index (χ2n) is 3.45. The first-order valence-corrected chi connectivity index (χ1v) is 4.65. The maximum absolute atomic E-state index is 11.3. The van der Waals surface area contributed by atoms with Crippen LogP contribution >= 0.6 is 0 Å². The Morgan fingerprint density at radius 2 is 1.80 bits per heavy atom. The van der Waals surface area contributed by atoms with Crippen LogP contribution in [0.25, 0.3) is 5.57 Å². The summed E-state index contributed by atoms with van der Waals surface area (Å²) in [6.07, 6.45) is 0. The second-order valence-corrected chi connectivity index (χ2v) is 3.45. The number of carbonyl (C=O) groups excluding carboxylic acids is 1. The van der Waals surface area contributed by atoms with Crippen molar-refractivity contribution in [1.82, 2.24) is 0 Å². The molecule has 0 aliphatic carbocycles. The highest BCUT2D eigenvalue weighted by atomic mass is 16.5. The highest BCUT2D eigenvalue weighted by Crippen LogP contribution is 2.24. The Kier molecular flexibility index (Phi) is 3.45. The summed E-state index contributed by atoms with van der Waals surface area (Å²) < 4.78 is 5.17. The van der Waals surface area contributed by atoms with E-state index in [4.69, 9.17) is 4.74 Å². The number of hydrogen-bond acceptors (Lipinski definition) is 2. The fraction of sp³-hybridized carbons (Fsp3) is 0.154. The molecule has 0 fully saturated rings. The van der Waals surface area contributed by atoms with Gasteiger partial charge in [0.1, 0.15) is 5.75 Å². The van der Waals surface area contributed by atoms with Crippen molar-refractivity contribution >= 4 is 11.5 Å². The van der Waals surface area contributed by atoms with Crippen molar-refractivity contribution in [3.63, 3.8) is 0 Å². The van der Waals surface area contributed by atoms with Gasteiger partial charge in [-0.15, -0.1) is 0 Å². The van der Waals surface area contributed by atoms with Gasteiger partial charge in [0.25, 0.3) is 0 Å². The zero-order chi connectivity index (χ0) is 11.4. The molecule has 1 aromatic carbocycles. The molecular formula is C13H14O2. The van der Waals surface area contributed by atoms with Gasteiger partial charge < -0.3 is 4.74 Å². The average molecular weight is 202 g/mol. The number of rotatable bonds is 3. The van der Waals surface area contributed by atoms with Crippen LogP contribution in [0.4, 0.5) is 0 Å². The number of carbonyl (C=O) groups is 1. The van der Waals surface area contributed by atoms with Gasteiger partial charge in [0.05, 0.1) is 0 Å². The topological polar surface area (TPSA) is 26.3 Å². The summed E-state index contributed by atoms with van der Waals surface area (Å²) in [5.41, 5.74) is 2.08. The molecule has 2 nitrogen and oxygen atoms in total. The zero-order valence-corrected chi connectivity index (χ0v) is 9.04. The molecule has 0 saturated carbocycles. The molecule has 0 amide bonds. The fourth-order valence-electron chi connectivity index (χ4n) is 1.10. The third kappa shape index (κ3) is 2.81. The number of esters is 1. The van der Waals surface area contributed by atoms with Gasteiger partial charge in [0.2, 0.25) is 0 Å². The van der Waals surface area contributed by atoms with Crippen molar-refractivity contribution < 1.29 is 9.53 Å². The highest BCUT2D eigenvalue weighted by Gasteiger charge is 2.09. The van der Waals surface area contributed by atoms with Crippen LogP contribution in [0.2, 0.25) is 0 Å². The molecule has 0 aliphatic rings. The van der Waals surface area contributed by atoms with Gasteiger partial charge in [-0.3, -0.25) is 0 Å². The normalized spacial score (nSPS) is 9.47. The van der Waals surface area contributed by atoms with Gasteiger partial charge in [-0.25, -0.2) is 4.79 Å². The smallest absolute Gasteiger partial charge is 0.338 e. The highest BCUT2D eigenvalue weighted by molar-refractivity contribution is 5.89. The summed E-state index contributed by atoms with van der Waals surface area (Å²) >= 11 is 0. The molecule has 0 radical (unpaired) electrons. The minimum atomic E-state index is -0.413. The second kappa shape index (κ2) is 4.60. The molecule has 0 bridgehead atoms. The third-order valence-electron chi connectivity index (χ3n) is 1.90. The maximum atomic E-state index is 11.3. The summed E-state index contributed by atoms with van der Waals surface area (Å²) in [6.45, 7) is 10.8. The third-order valence-corrected chi connectivity index (χ3v) is 1.90. The minimum Gasteiger partial charge on any atom is -0.423 e. The summed E-state index contributed by atoms with van der Waals surface area (Å²) in [7, 11) is 0. The lowest BCUT2D eigenvalue weighted by Gasteiger charge is -2.09. The van der Waals surface area contributed by atoms with Gasteiger partial charge in [0.15, 0.2) is 0 Å². The number of hydrogen-bond donors (Lipinski definition) is 0. The number of allylic oxidation sites excluding steroid dienone is 1. The monoisotopic (exact) mass is 202 g/mol. The van der Waals surface area contributed by atoms with E-state index in [1.165, 1.54) is 0 Å². The minimum absolute atomic E-state index is 0.381. The van der Waals surface area contributed by atoms with Crippen LogP contribution in [0, 0.1) is 0 Å². The molecule has 1 rings (SSSR count). The van der Waals surface area contributed by atoms with E-state index >= 15 is 0 Å². The van der Waals surface area contributed by atoms with Crippen molar-refractivity contribution in [3.8, 4) is 5.75 Å². The Hall–Kier alpha value is -1.83. The van der Waals surface area contributed by atoms with Crippen LogP contribution in [-0.2, 0) is 4.79 Å². The van der Waals surface area contributed by atoms with E-state index in [0.29, 0.717) is 11.3 Å². The Morgan fingerprint density at radius 1 is 1.20 bits per heavy atom. The van der Waals surface area contributed by atoms with Crippen LogP contribution in [0.5, 0.6) is 5.75 Å². The van der Waals surface area contributed by atoms with Crippen molar-refractivity contribution in [2.45, 2.75) is 13.8 Å². The van der Waals surface area contributed by atoms with E-state index in [1.807, 2.05) is 25.1 Å². The van der Waals surface area contributed by atoms with E-state index in [2.05, 4.69) is 13.2 Å². The number of para-hydroxylation sites is 1. The average Bonchev–Trinajstić information content (AvgIpc) is 2.18. The largest absolute Gasteiger partial charge is 0.423 e. The standard InChI is InChI=1S/C13H14O2/c1-9(2)11-7-5-6-8-12(11)15-13(14)10(3)4/h5-8H,1,3H2,2,4H3. The summed E-state index contributed by atoms with van der Waals surface area (Å²) in [6, 6.07) is 7.30. The lowest BCUT2D eigenvalue weighted by Crippen LogP contribution is -2.09. The quantitative estimate of drug-likeness (QED) is 0.427.